The number of hydrogen-bond acceptors (Lipinski definition) is 4. The van der Waals surface area contributed by atoms with Crippen LogP contribution in [-0.4, -0.2) is 35.9 Å². The van der Waals surface area contributed by atoms with Crippen molar-refractivity contribution < 1.29 is 13.2 Å². The molecule has 0 spiro atoms. The number of rotatable bonds is 5. The van der Waals surface area contributed by atoms with E-state index in [4.69, 9.17) is 0 Å². The van der Waals surface area contributed by atoms with E-state index in [9.17, 15) is 13.2 Å². The fourth-order valence-corrected chi connectivity index (χ4v) is 4.66. The van der Waals surface area contributed by atoms with Gasteiger partial charge in [-0.05, 0) is 48.9 Å². The van der Waals surface area contributed by atoms with Gasteiger partial charge in [-0.15, -0.1) is 0 Å². The van der Waals surface area contributed by atoms with E-state index in [-0.39, 0.29) is 18.1 Å². The average Bonchev–Trinajstić information content (AvgIpc) is 3.34. The predicted octanol–water partition coefficient (Wildman–Crippen LogP) is 3.07. The summed E-state index contributed by atoms with van der Waals surface area (Å²) in [6, 6.07) is 16.5. The molecule has 0 fully saturated rings. The summed E-state index contributed by atoms with van der Waals surface area (Å²) in [6.07, 6.45) is 5.33. The maximum absolute atomic E-state index is 13.2. The number of aryl methyl sites for hydroxylation is 1. The molecule has 148 valence electrons. The Bertz CT molecular complexity index is 1130. The second-order valence-electron chi connectivity index (χ2n) is 7.12. The van der Waals surface area contributed by atoms with E-state index in [2.05, 4.69) is 5.10 Å². The summed E-state index contributed by atoms with van der Waals surface area (Å²) < 4.78 is 25.6. The molecule has 1 aliphatic heterocycles. The normalized spacial score (nSPS) is 17.3. The summed E-state index contributed by atoms with van der Waals surface area (Å²) in [5.74, 6) is -0.238. The molecule has 0 saturated carbocycles. The topological polar surface area (TPSA) is 72.3 Å². The first-order valence-corrected chi connectivity index (χ1v) is 11.0. The number of aromatic nitrogens is 2. The second kappa shape index (κ2) is 7.67. The third kappa shape index (κ3) is 4.30. The van der Waals surface area contributed by atoms with Gasteiger partial charge in [0.1, 0.15) is 0 Å². The van der Waals surface area contributed by atoms with Crippen LogP contribution in [0.3, 0.4) is 0 Å². The molecule has 6 nitrogen and oxygen atoms in total. The highest BCUT2D eigenvalue weighted by molar-refractivity contribution is 7.94. The van der Waals surface area contributed by atoms with Crippen molar-refractivity contribution in [2.45, 2.75) is 19.4 Å². The molecule has 29 heavy (non-hydrogen) atoms. The largest absolute Gasteiger partial charge is 0.304 e. The van der Waals surface area contributed by atoms with Crippen molar-refractivity contribution >= 4 is 21.4 Å². The zero-order chi connectivity index (χ0) is 20.4. The van der Waals surface area contributed by atoms with Gasteiger partial charge in [-0.2, -0.15) is 5.10 Å². The van der Waals surface area contributed by atoms with Crippen molar-refractivity contribution in [2.24, 2.45) is 0 Å². The Labute approximate surface area is 170 Å². The molecule has 0 saturated heterocycles. The molecule has 0 aliphatic carbocycles. The molecular weight excluding hydrogens is 386 g/mol. The van der Waals surface area contributed by atoms with E-state index in [1.165, 1.54) is 5.41 Å². The highest BCUT2D eigenvalue weighted by Gasteiger charge is 2.31. The molecule has 1 amide bonds. The average molecular weight is 407 g/mol. The number of amides is 1. The molecule has 1 atom stereocenters. The summed E-state index contributed by atoms with van der Waals surface area (Å²) in [5, 5.41) is 5.39. The van der Waals surface area contributed by atoms with Gasteiger partial charge in [0.05, 0.1) is 23.9 Å². The quantitative estimate of drug-likeness (QED) is 0.652. The lowest BCUT2D eigenvalue weighted by Gasteiger charge is -2.28. The van der Waals surface area contributed by atoms with Gasteiger partial charge in [0.25, 0.3) is 0 Å². The Kier molecular flexibility index (Phi) is 5.07. The smallest absolute Gasteiger partial charge is 0.231 e. The van der Waals surface area contributed by atoms with Crippen LogP contribution in [-0.2, 0) is 21.1 Å². The van der Waals surface area contributed by atoms with Crippen LogP contribution in [0, 0.1) is 6.92 Å². The molecule has 1 aromatic heterocycles. The Morgan fingerprint density at radius 3 is 2.45 bits per heavy atom. The van der Waals surface area contributed by atoms with Crippen molar-refractivity contribution in [1.29, 1.82) is 0 Å². The summed E-state index contributed by atoms with van der Waals surface area (Å²) in [4.78, 5) is 14.8. The number of benzene rings is 2. The number of nitrogens with zero attached hydrogens (tertiary/aromatic N) is 3. The van der Waals surface area contributed by atoms with Gasteiger partial charge in [0.15, 0.2) is 9.84 Å². The van der Waals surface area contributed by atoms with Crippen LogP contribution in [0.4, 0.5) is 5.69 Å². The number of carbonyl (C=O) groups is 1. The highest BCUT2D eigenvalue weighted by atomic mass is 32.2. The van der Waals surface area contributed by atoms with Crippen molar-refractivity contribution in [3.8, 4) is 5.69 Å². The third-order valence-corrected chi connectivity index (χ3v) is 6.26. The van der Waals surface area contributed by atoms with Gasteiger partial charge in [0.2, 0.25) is 5.91 Å². The molecule has 0 radical (unpaired) electrons. The Balaban J connectivity index is 1.58. The zero-order valence-electron chi connectivity index (χ0n) is 16.0. The standard InChI is InChI=1S/C22H21N3O3S/c1-17-3-7-20(8-4-17)25(21-11-14-29(27,28)16-21)22(26)15-18-5-9-19(10-6-18)24-13-2-12-23-24/h2-14,21H,15-16H2,1H3/t21-/m0/s1. The van der Waals surface area contributed by atoms with Crippen LogP contribution < -0.4 is 4.90 Å². The van der Waals surface area contributed by atoms with Crippen LogP contribution in [0.2, 0.25) is 0 Å². The first-order valence-electron chi connectivity index (χ1n) is 9.30. The molecule has 4 rings (SSSR count). The zero-order valence-corrected chi connectivity index (χ0v) is 16.8. The van der Waals surface area contributed by atoms with Gasteiger partial charge >= 0.3 is 0 Å². The van der Waals surface area contributed by atoms with Crippen LogP contribution in [0.15, 0.2) is 78.5 Å². The lowest BCUT2D eigenvalue weighted by molar-refractivity contribution is -0.118. The van der Waals surface area contributed by atoms with E-state index in [1.807, 2.05) is 67.7 Å². The van der Waals surface area contributed by atoms with E-state index in [0.29, 0.717) is 5.69 Å². The fourth-order valence-electron chi connectivity index (χ4n) is 3.39. The number of hydrogen-bond donors (Lipinski definition) is 0. The van der Waals surface area contributed by atoms with Gasteiger partial charge in [0, 0.05) is 23.5 Å². The lowest BCUT2D eigenvalue weighted by Crippen LogP contribution is -2.42. The maximum atomic E-state index is 13.2. The lowest BCUT2D eigenvalue weighted by atomic mass is 10.1. The minimum Gasteiger partial charge on any atom is -0.304 e. The summed E-state index contributed by atoms with van der Waals surface area (Å²) >= 11 is 0. The SMILES string of the molecule is Cc1ccc(N(C(=O)Cc2ccc(-n3cccn3)cc2)[C@H]2C=CS(=O)(=O)C2)cc1. The minimum absolute atomic E-state index is 0.0924. The summed E-state index contributed by atoms with van der Waals surface area (Å²) in [7, 11) is -3.28. The van der Waals surface area contributed by atoms with Gasteiger partial charge in [-0.25, -0.2) is 13.1 Å². The molecule has 0 N–H and O–H groups in total. The monoisotopic (exact) mass is 407 g/mol. The molecule has 2 aromatic carbocycles. The van der Waals surface area contributed by atoms with Crippen molar-refractivity contribution in [3.05, 3.63) is 89.6 Å². The van der Waals surface area contributed by atoms with Crippen LogP contribution in [0.25, 0.3) is 5.69 Å². The second-order valence-corrected chi connectivity index (χ2v) is 9.05. The van der Waals surface area contributed by atoms with Crippen molar-refractivity contribution in [1.82, 2.24) is 9.78 Å². The predicted molar refractivity (Wildman–Crippen MR) is 113 cm³/mol. The molecule has 7 heteroatoms. The van der Waals surface area contributed by atoms with Crippen LogP contribution in [0.1, 0.15) is 11.1 Å². The number of sulfone groups is 1. The van der Waals surface area contributed by atoms with E-state index in [1.54, 1.807) is 21.9 Å². The molecular formula is C22H21N3O3S. The molecule has 2 heterocycles. The molecule has 0 unspecified atom stereocenters. The molecule has 0 bridgehead atoms. The maximum Gasteiger partial charge on any atom is 0.231 e. The Hall–Kier alpha value is -3.19. The first kappa shape index (κ1) is 19.1. The highest BCUT2D eigenvalue weighted by Crippen LogP contribution is 2.24. The van der Waals surface area contributed by atoms with Crippen molar-refractivity contribution in [3.63, 3.8) is 0 Å². The van der Waals surface area contributed by atoms with E-state index >= 15 is 0 Å². The number of carbonyl (C=O) groups excluding carboxylic acids is 1. The summed E-state index contributed by atoms with van der Waals surface area (Å²) in [5.41, 5.74) is 3.53. The first-order chi connectivity index (χ1) is 13.9. The van der Waals surface area contributed by atoms with Crippen LogP contribution in [0.5, 0.6) is 0 Å². The van der Waals surface area contributed by atoms with E-state index < -0.39 is 15.9 Å². The fraction of sp³-hybridized carbons (Fsp3) is 0.182. The van der Waals surface area contributed by atoms with E-state index in [0.717, 1.165) is 16.8 Å². The third-order valence-electron chi connectivity index (χ3n) is 4.88. The van der Waals surface area contributed by atoms with Gasteiger partial charge in [-0.1, -0.05) is 29.8 Å². The minimum atomic E-state index is -3.28. The summed E-state index contributed by atoms with van der Waals surface area (Å²) in [6.45, 7) is 1.97. The molecule has 3 aromatic rings. The Morgan fingerprint density at radius 2 is 1.86 bits per heavy atom. The van der Waals surface area contributed by atoms with Crippen molar-refractivity contribution in [2.75, 3.05) is 10.7 Å². The number of anilines is 1. The van der Waals surface area contributed by atoms with Crippen LogP contribution >= 0.6 is 0 Å². The Morgan fingerprint density at radius 1 is 1.14 bits per heavy atom. The van der Waals surface area contributed by atoms with Gasteiger partial charge in [-0.3, -0.25) is 4.79 Å². The van der Waals surface area contributed by atoms with Gasteiger partial charge < -0.3 is 4.90 Å². The molecule has 1 aliphatic rings.